The summed E-state index contributed by atoms with van der Waals surface area (Å²) in [6, 6.07) is 18.6. The Hall–Kier alpha value is -3.76. The van der Waals surface area contributed by atoms with Gasteiger partial charge in [-0.05, 0) is 49.2 Å². The van der Waals surface area contributed by atoms with Crippen LogP contribution in [0.15, 0.2) is 77.7 Å². The molecular formula is C30H36ClN3O6S. The highest BCUT2D eigenvalue weighted by Crippen LogP contribution is 2.36. The average molecular weight is 602 g/mol. The van der Waals surface area contributed by atoms with E-state index in [4.69, 9.17) is 21.1 Å². The molecule has 0 radical (unpaired) electrons. The molecule has 3 aromatic rings. The fourth-order valence-corrected chi connectivity index (χ4v) is 5.79. The summed E-state index contributed by atoms with van der Waals surface area (Å²) >= 11 is 6.41. The number of hydrogen-bond acceptors (Lipinski definition) is 6. The number of unbranched alkanes of at least 4 members (excludes halogenated alkanes) is 1. The number of carbonyl (C=O) groups is 2. The SMILES string of the molecule is CCCCNC(=O)[C@H](C)N(Cc1ccccc1Cl)C(=O)CN(c1cc(OC)ccc1OC)S(=O)(=O)c1ccccc1. The van der Waals surface area contributed by atoms with Gasteiger partial charge in [0.25, 0.3) is 10.0 Å². The minimum absolute atomic E-state index is 0.00462. The fraction of sp³-hybridized carbons (Fsp3) is 0.333. The van der Waals surface area contributed by atoms with Crippen LogP contribution < -0.4 is 19.1 Å². The molecule has 0 aliphatic carbocycles. The van der Waals surface area contributed by atoms with Crippen molar-refractivity contribution in [2.24, 2.45) is 0 Å². The van der Waals surface area contributed by atoms with Crippen molar-refractivity contribution >= 4 is 39.1 Å². The van der Waals surface area contributed by atoms with E-state index in [9.17, 15) is 18.0 Å². The first-order valence-corrected chi connectivity index (χ1v) is 15.1. The average Bonchev–Trinajstić information content (AvgIpc) is 2.99. The lowest BCUT2D eigenvalue weighted by Gasteiger charge is -2.32. The first kappa shape index (κ1) is 31.8. The van der Waals surface area contributed by atoms with Crippen LogP contribution in [0.3, 0.4) is 0 Å². The van der Waals surface area contributed by atoms with Crippen LogP contribution in [0.2, 0.25) is 5.02 Å². The van der Waals surface area contributed by atoms with Crippen LogP contribution in [0.5, 0.6) is 11.5 Å². The molecular weight excluding hydrogens is 566 g/mol. The third kappa shape index (κ3) is 7.92. The summed E-state index contributed by atoms with van der Waals surface area (Å²) < 4.78 is 39.8. The van der Waals surface area contributed by atoms with Crippen LogP contribution >= 0.6 is 11.6 Å². The molecule has 3 aromatic carbocycles. The predicted octanol–water partition coefficient (Wildman–Crippen LogP) is 4.89. The topological polar surface area (TPSA) is 105 Å². The molecule has 0 fully saturated rings. The maximum absolute atomic E-state index is 14.1. The Kier molecular flexibility index (Phi) is 11.4. The van der Waals surface area contributed by atoms with E-state index in [0.717, 1.165) is 17.1 Å². The lowest BCUT2D eigenvalue weighted by molar-refractivity contribution is -0.139. The van der Waals surface area contributed by atoms with Gasteiger partial charge < -0.3 is 19.7 Å². The van der Waals surface area contributed by atoms with Crippen molar-refractivity contribution in [3.05, 3.63) is 83.4 Å². The zero-order chi connectivity index (χ0) is 30.0. The lowest BCUT2D eigenvalue weighted by atomic mass is 10.1. The molecule has 0 bridgehead atoms. The summed E-state index contributed by atoms with van der Waals surface area (Å²) in [7, 11) is -1.40. The fourth-order valence-electron chi connectivity index (χ4n) is 4.15. The Morgan fingerprint density at radius 3 is 2.29 bits per heavy atom. The molecule has 3 rings (SSSR count). The molecule has 0 unspecified atom stereocenters. The highest BCUT2D eigenvalue weighted by atomic mass is 35.5. The number of benzene rings is 3. The Labute approximate surface area is 247 Å². The number of anilines is 1. The van der Waals surface area contributed by atoms with Crippen LogP contribution in [0.4, 0.5) is 5.69 Å². The predicted molar refractivity (Wildman–Crippen MR) is 160 cm³/mol. The zero-order valence-electron chi connectivity index (χ0n) is 23.7. The largest absolute Gasteiger partial charge is 0.497 e. The van der Waals surface area contributed by atoms with Gasteiger partial charge in [0.1, 0.15) is 24.1 Å². The molecule has 0 aliphatic heterocycles. The molecule has 0 aliphatic rings. The van der Waals surface area contributed by atoms with E-state index < -0.39 is 28.5 Å². The summed E-state index contributed by atoms with van der Waals surface area (Å²) in [5, 5.41) is 3.28. The van der Waals surface area contributed by atoms with Gasteiger partial charge in [0.15, 0.2) is 0 Å². The van der Waals surface area contributed by atoms with E-state index in [-0.39, 0.29) is 28.8 Å². The van der Waals surface area contributed by atoms with Gasteiger partial charge in [-0.3, -0.25) is 13.9 Å². The summed E-state index contributed by atoms with van der Waals surface area (Å²) in [5.74, 6) is -0.359. The second kappa shape index (κ2) is 14.7. The number of nitrogens with zero attached hydrogens (tertiary/aromatic N) is 2. The quantitative estimate of drug-likeness (QED) is 0.264. The lowest BCUT2D eigenvalue weighted by Crippen LogP contribution is -2.51. The molecule has 0 aromatic heterocycles. The molecule has 2 amide bonds. The summed E-state index contributed by atoms with van der Waals surface area (Å²) in [4.78, 5) is 28.5. The van der Waals surface area contributed by atoms with Crippen molar-refractivity contribution in [3.8, 4) is 11.5 Å². The van der Waals surface area contributed by atoms with Gasteiger partial charge in [-0.15, -0.1) is 0 Å². The number of halogens is 1. The van der Waals surface area contributed by atoms with Gasteiger partial charge >= 0.3 is 0 Å². The standard InChI is InChI=1S/C30H36ClN3O6S/c1-5-6-18-32-30(36)22(2)33(20-23-12-10-11-15-26(23)31)29(35)21-34(41(37,38)25-13-8-7-9-14-25)27-19-24(39-3)16-17-28(27)40-4/h7-17,19,22H,5-6,18,20-21H2,1-4H3,(H,32,36)/t22-/m0/s1. The first-order valence-electron chi connectivity index (χ1n) is 13.2. The molecule has 41 heavy (non-hydrogen) atoms. The minimum atomic E-state index is -4.26. The maximum Gasteiger partial charge on any atom is 0.264 e. The van der Waals surface area contributed by atoms with Crippen molar-refractivity contribution in [2.45, 2.75) is 44.2 Å². The van der Waals surface area contributed by atoms with Gasteiger partial charge in [-0.25, -0.2) is 8.42 Å². The molecule has 0 saturated carbocycles. The number of rotatable bonds is 14. The number of methoxy groups -OCH3 is 2. The van der Waals surface area contributed by atoms with Crippen molar-refractivity contribution in [2.75, 3.05) is 31.6 Å². The van der Waals surface area contributed by atoms with Gasteiger partial charge in [-0.1, -0.05) is 61.3 Å². The molecule has 1 N–H and O–H groups in total. The Morgan fingerprint density at radius 2 is 1.66 bits per heavy atom. The molecule has 0 heterocycles. The van der Waals surface area contributed by atoms with Crippen molar-refractivity contribution in [1.82, 2.24) is 10.2 Å². The second-order valence-electron chi connectivity index (χ2n) is 9.30. The Morgan fingerprint density at radius 1 is 0.976 bits per heavy atom. The number of hydrogen-bond donors (Lipinski definition) is 1. The monoisotopic (exact) mass is 601 g/mol. The van der Waals surface area contributed by atoms with Crippen molar-refractivity contribution in [3.63, 3.8) is 0 Å². The van der Waals surface area contributed by atoms with Crippen molar-refractivity contribution in [1.29, 1.82) is 0 Å². The van der Waals surface area contributed by atoms with Gasteiger partial charge in [-0.2, -0.15) is 0 Å². The van der Waals surface area contributed by atoms with E-state index in [1.54, 1.807) is 61.5 Å². The molecule has 0 saturated heterocycles. The Bertz CT molecular complexity index is 1440. The number of ether oxygens (including phenoxy) is 2. The number of sulfonamides is 1. The smallest absolute Gasteiger partial charge is 0.264 e. The van der Waals surface area contributed by atoms with E-state index in [1.807, 2.05) is 6.92 Å². The minimum Gasteiger partial charge on any atom is -0.497 e. The van der Waals surface area contributed by atoms with Gasteiger partial charge in [0.2, 0.25) is 11.8 Å². The van der Waals surface area contributed by atoms with E-state index in [1.165, 1.54) is 37.3 Å². The van der Waals surface area contributed by atoms with Crippen LogP contribution in [0.1, 0.15) is 32.3 Å². The van der Waals surface area contributed by atoms with E-state index >= 15 is 0 Å². The molecule has 1 atom stereocenters. The second-order valence-corrected chi connectivity index (χ2v) is 11.6. The van der Waals surface area contributed by atoms with Crippen LogP contribution in [-0.2, 0) is 26.2 Å². The highest BCUT2D eigenvalue weighted by Gasteiger charge is 2.34. The maximum atomic E-state index is 14.1. The summed E-state index contributed by atoms with van der Waals surface area (Å²) in [5.41, 5.74) is 0.731. The van der Waals surface area contributed by atoms with Crippen molar-refractivity contribution < 1.29 is 27.5 Å². The third-order valence-electron chi connectivity index (χ3n) is 6.56. The van der Waals surface area contributed by atoms with Gasteiger partial charge in [0.05, 0.1) is 24.8 Å². The molecule has 0 spiro atoms. The normalized spacial score (nSPS) is 11.8. The van der Waals surface area contributed by atoms with E-state index in [2.05, 4.69) is 5.32 Å². The Balaban J connectivity index is 2.09. The first-order chi connectivity index (χ1) is 19.6. The third-order valence-corrected chi connectivity index (χ3v) is 8.70. The van der Waals surface area contributed by atoms with Crippen LogP contribution in [-0.4, -0.2) is 58.5 Å². The summed E-state index contributed by atoms with van der Waals surface area (Å²) in [6.07, 6.45) is 1.68. The summed E-state index contributed by atoms with van der Waals surface area (Å²) in [6.45, 7) is 3.46. The van der Waals surface area contributed by atoms with E-state index in [0.29, 0.717) is 22.9 Å². The zero-order valence-corrected chi connectivity index (χ0v) is 25.2. The molecule has 9 nitrogen and oxygen atoms in total. The highest BCUT2D eigenvalue weighted by molar-refractivity contribution is 7.92. The molecule has 220 valence electrons. The van der Waals surface area contributed by atoms with Crippen LogP contribution in [0.25, 0.3) is 0 Å². The number of nitrogens with one attached hydrogen (secondary N) is 1. The molecule has 11 heteroatoms. The number of amides is 2. The number of carbonyl (C=O) groups excluding carboxylic acids is 2. The van der Waals surface area contributed by atoms with Gasteiger partial charge in [0, 0.05) is 24.2 Å². The van der Waals surface area contributed by atoms with Crippen LogP contribution in [0, 0.1) is 0 Å².